The summed E-state index contributed by atoms with van der Waals surface area (Å²) in [5, 5.41) is 10.8. The van der Waals surface area contributed by atoms with Crippen LogP contribution in [0.15, 0.2) is 24.3 Å². The standard InChI is InChI=1S/C15H20ClNO2S/c1-2-7-15(19)10-17(11-15)14(18)9-20-8-12-3-5-13(16)6-4-12/h3-6,19H,2,7-11H2,1H3. The molecule has 1 amide bonds. The molecule has 110 valence electrons. The van der Waals surface area contributed by atoms with Crippen LogP contribution >= 0.6 is 23.4 Å². The largest absolute Gasteiger partial charge is 0.386 e. The van der Waals surface area contributed by atoms with Crippen LogP contribution in [0, 0.1) is 0 Å². The summed E-state index contributed by atoms with van der Waals surface area (Å²) in [4.78, 5) is 13.7. The number of carbonyl (C=O) groups is 1. The zero-order valence-electron chi connectivity index (χ0n) is 11.6. The van der Waals surface area contributed by atoms with Gasteiger partial charge in [-0.3, -0.25) is 4.79 Å². The maximum atomic E-state index is 11.9. The summed E-state index contributed by atoms with van der Waals surface area (Å²) in [7, 11) is 0. The predicted molar refractivity (Wildman–Crippen MR) is 84.1 cm³/mol. The van der Waals surface area contributed by atoms with Crippen molar-refractivity contribution >= 4 is 29.3 Å². The summed E-state index contributed by atoms with van der Waals surface area (Å²) in [5.41, 5.74) is 0.531. The zero-order chi connectivity index (χ0) is 14.6. The van der Waals surface area contributed by atoms with Crippen LogP contribution in [0.4, 0.5) is 0 Å². The highest BCUT2D eigenvalue weighted by Crippen LogP contribution is 2.26. The fourth-order valence-electron chi connectivity index (χ4n) is 2.39. The van der Waals surface area contributed by atoms with Crippen molar-refractivity contribution in [3.8, 4) is 0 Å². The molecule has 0 aromatic heterocycles. The van der Waals surface area contributed by atoms with Crippen LogP contribution in [-0.2, 0) is 10.5 Å². The number of β-amino-alcohol motifs (C(OH)–C–C–N with tert-alkyl or cyclic N) is 1. The van der Waals surface area contributed by atoms with Crippen LogP contribution in [0.3, 0.4) is 0 Å². The number of amides is 1. The number of nitrogens with zero attached hydrogens (tertiary/aromatic N) is 1. The number of likely N-dealkylation sites (tertiary alicyclic amines) is 1. The third kappa shape index (κ3) is 4.14. The molecule has 0 radical (unpaired) electrons. The number of benzene rings is 1. The Morgan fingerprint density at radius 2 is 2.05 bits per heavy atom. The molecule has 1 aliphatic heterocycles. The summed E-state index contributed by atoms with van der Waals surface area (Å²) in [5.74, 6) is 1.38. The highest BCUT2D eigenvalue weighted by molar-refractivity contribution is 7.99. The second-order valence-corrected chi connectivity index (χ2v) is 6.77. The Morgan fingerprint density at radius 1 is 1.40 bits per heavy atom. The minimum atomic E-state index is -0.634. The molecule has 0 unspecified atom stereocenters. The number of hydrogen-bond acceptors (Lipinski definition) is 3. The van der Waals surface area contributed by atoms with Gasteiger partial charge in [0.25, 0.3) is 0 Å². The predicted octanol–water partition coefficient (Wildman–Crippen LogP) is 2.95. The van der Waals surface area contributed by atoms with E-state index < -0.39 is 5.60 Å². The van der Waals surface area contributed by atoms with E-state index in [0.29, 0.717) is 18.8 Å². The van der Waals surface area contributed by atoms with Crippen molar-refractivity contribution < 1.29 is 9.90 Å². The van der Waals surface area contributed by atoms with Crippen molar-refractivity contribution in [3.05, 3.63) is 34.9 Å². The van der Waals surface area contributed by atoms with Crippen LogP contribution in [0.5, 0.6) is 0 Å². The van der Waals surface area contributed by atoms with Gasteiger partial charge >= 0.3 is 0 Å². The summed E-state index contributed by atoms with van der Waals surface area (Å²) >= 11 is 7.42. The van der Waals surface area contributed by atoms with E-state index in [2.05, 4.69) is 0 Å². The third-order valence-corrected chi connectivity index (χ3v) is 4.69. The molecule has 5 heteroatoms. The van der Waals surface area contributed by atoms with E-state index in [1.54, 1.807) is 16.7 Å². The first-order valence-electron chi connectivity index (χ1n) is 6.85. The molecule has 1 fully saturated rings. The van der Waals surface area contributed by atoms with Gasteiger partial charge in [0.1, 0.15) is 0 Å². The van der Waals surface area contributed by atoms with E-state index in [4.69, 9.17) is 11.6 Å². The first kappa shape index (κ1) is 15.7. The molecule has 0 saturated carbocycles. The number of thioether (sulfide) groups is 1. The van der Waals surface area contributed by atoms with E-state index in [1.807, 2.05) is 31.2 Å². The van der Waals surface area contributed by atoms with Gasteiger partial charge in [-0.25, -0.2) is 0 Å². The number of halogens is 1. The Hall–Kier alpha value is -0.710. The molecule has 1 aromatic carbocycles. The number of rotatable bonds is 6. The summed E-state index contributed by atoms with van der Waals surface area (Å²) < 4.78 is 0. The van der Waals surface area contributed by atoms with Gasteiger partial charge in [-0.05, 0) is 24.1 Å². The van der Waals surface area contributed by atoms with Gasteiger partial charge in [-0.1, -0.05) is 37.1 Å². The Labute approximate surface area is 129 Å². The second kappa shape index (κ2) is 6.83. The summed E-state index contributed by atoms with van der Waals surface area (Å²) in [6, 6.07) is 7.67. The highest BCUT2D eigenvalue weighted by atomic mass is 35.5. The van der Waals surface area contributed by atoms with Gasteiger partial charge in [-0.15, -0.1) is 11.8 Å². The van der Waals surface area contributed by atoms with Crippen LogP contribution in [0.25, 0.3) is 0 Å². The molecule has 1 heterocycles. The second-order valence-electron chi connectivity index (χ2n) is 5.34. The molecule has 0 spiro atoms. The molecule has 0 atom stereocenters. The van der Waals surface area contributed by atoms with E-state index >= 15 is 0 Å². The molecule has 20 heavy (non-hydrogen) atoms. The molecule has 2 rings (SSSR count). The minimum absolute atomic E-state index is 0.116. The summed E-state index contributed by atoms with van der Waals surface area (Å²) in [6.07, 6.45) is 1.72. The minimum Gasteiger partial charge on any atom is -0.386 e. The Bertz CT molecular complexity index is 457. The molecule has 0 aliphatic carbocycles. The topological polar surface area (TPSA) is 40.5 Å². The molecule has 1 saturated heterocycles. The Balaban J connectivity index is 1.68. The molecule has 3 nitrogen and oxygen atoms in total. The average Bonchev–Trinajstić information content (AvgIpc) is 2.38. The Kier molecular flexibility index (Phi) is 5.35. The molecule has 1 N–H and O–H groups in total. The third-order valence-electron chi connectivity index (χ3n) is 3.45. The molecular weight excluding hydrogens is 294 g/mol. The fraction of sp³-hybridized carbons (Fsp3) is 0.533. The molecule has 1 aromatic rings. The smallest absolute Gasteiger partial charge is 0.232 e. The van der Waals surface area contributed by atoms with Gasteiger partial charge in [0, 0.05) is 10.8 Å². The zero-order valence-corrected chi connectivity index (χ0v) is 13.2. The number of carbonyl (C=O) groups excluding carboxylic acids is 1. The highest BCUT2D eigenvalue weighted by Gasteiger charge is 2.42. The van der Waals surface area contributed by atoms with Gasteiger partial charge < -0.3 is 10.0 Å². The SMILES string of the molecule is CCCC1(O)CN(C(=O)CSCc2ccc(Cl)cc2)C1. The molecule has 0 bridgehead atoms. The van der Waals surface area contributed by atoms with Crippen molar-refractivity contribution in [3.63, 3.8) is 0 Å². The van der Waals surface area contributed by atoms with E-state index in [0.717, 1.165) is 23.6 Å². The lowest BCUT2D eigenvalue weighted by molar-refractivity contribution is -0.153. The van der Waals surface area contributed by atoms with Gasteiger partial charge in [-0.2, -0.15) is 0 Å². The van der Waals surface area contributed by atoms with Gasteiger partial charge in [0.2, 0.25) is 5.91 Å². The van der Waals surface area contributed by atoms with Gasteiger partial charge in [0.15, 0.2) is 0 Å². The van der Waals surface area contributed by atoms with Crippen molar-refractivity contribution in [2.75, 3.05) is 18.8 Å². The van der Waals surface area contributed by atoms with E-state index in [1.165, 1.54) is 5.56 Å². The quantitative estimate of drug-likeness (QED) is 0.878. The normalized spacial score (nSPS) is 16.9. The van der Waals surface area contributed by atoms with Crippen molar-refractivity contribution in [2.24, 2.45) is 0 Å². The lowest BCUT2D eigenvalue weighted by Crippen LogP contribution is -2.63. The average molecular weight is 314 g/mol. The van der Waals surface area contributed by atoms with Crippen molar-refractivity contribution in [1.82, 2.24) is 4.90 Å². The maximum Gasteiger partial charge on any atom is 0.232 e. The van der Waals surface area contributed by atoms with E-state index in [-0.39, 0.29) is 5.91 Å². The maximum absolute atomic E-state index is 11.9. The van der Waals surface area contributed by atoms with Crippen LogP contribution < -0.4 is 0 Å². The van der Waals surface area contributed by atoms with Gasteiger partial charge in [0.05, 0.1) is 24.4 Å². The lowest BCUT2D eigenvalue weighted by Gasteiger charge is -2.46. The van der Waals surface area contributed by atoms with E-state index in [9.17, 15) is 9.90 Å². The van der Waals surface area contributed by atoms with Crippen LogP contribution in [0.1, 0.15) is 25.3 Å². The first-order valence-corrected chi connectivity index (χ1v) is 8.38. The van der Waals surface area contributed by atoms with Crippen molar-refractivity contribution in [2.45, 2.75) is 31.1 Å². The fourth-order valence-corrected chi connectivity index (χ4v) is 3.41. The van der Waals surface area contributed by atoms with Crippen molar-refractivity contribution in [1.29, 1.82) is 0 Å². The lowest BCUT2D eigenvalue weighted by atomic mass is 9.89. The first-order chi connectivity index (χ1) is 9.52. The van der Waals surface area contributed by atoms with Crippen LogP contribution in [0.2, 0.25) is 5.02 Å². The number of aliphatic hydroxyl groups is 1. The molecular formula is C15H20ClNO2S. The monoisotopic (exact) mass is 313 g/mol. The summed E-state index contributed by atoms with van der Waals surface area (Å²) in [6.45, 7) is 3.02. The Morgan fingerprint density at radius 3 is 2.65 bits per heavy atom. The molecule has 1 aliphatic rings. The number of hydrogen-bond donors (Lipinski definition) is 1. The van der Waals surface area contributed by atoms with Crippen LogP contribution in [-0.4, -0.2) is 40.4 Å².